The maximum absolute atomic E-state index is 8.74. The van der Waals surface area contributed by atoms with Crippen LogP contribution in [0.5, 0.6) is 0 Å². The Morgan fingerprint density at radius 1 is 1.29 bits per heavy atom. The highest BCUT2D eigenvalue weighted by atomic mass is 32.2. The number of allylic oxidation sites excluding steroid dienone is 1. The summed E-state index contributed by atoms with van der Waals surface area (Å²) in [6, 6.07) is 0.222. The molecule has 3 nitrogen and oxygen atoms in total. The first kappa shape index (κ1) is 14.3. The molecule has 0 aromatic heterocycles. The van der Waals surface area contributed by atoms with Crippen molar-refractivity contribution < 1.29 is 11.6 Å². The Morgan fingerprint density at radius 2 is 2.18 bits per heavy atom. The van der Waals surface area contributed by atoms with E-state index in [0.717, 1.165) is 50.8 Å². The Morgan fingerprint density at radius 3 is 3.00 bits per heavy atom. The summed E-state index contributed by atoms with van der Waals surface area (Å²) in [4.78, 5) is 5.92. The number of ether oxygens (including phenoxy) is 1. The third-order valence-electron chi connectivity index (χ3n) is 6.82. The number of nitrogens with zero attached hydrogens (tertiary/aromatic N) is 1. The molecule has 4 heteroatoms. The predicted octanol–water partition coefficient (Wildman–Crippen LogP) is 5.83. The molecule has 1 saturated heterocycles. The number of thioether (sulfide) groups is 1. The molecule has 4 aliphatic heterocycles. The van der Waals surface area contributed by atoms with Gasteiger partial charge in [0.25, 0.3) is 0 Å². The first-order valence-corrected chi connectivity index (χ1v) is 11.8. The molecule has 0 radical (unpaired) electrons. The Hall–Kier alpha value is -0.740. The molecular formula is C24H36N2OS. The van der Waals surface area contributed by atoms with Gasteiger partial charge in [-0.05, 0) is 79.6 Å². The van der Waals surface area contributed by atoms with Crippen molar-refractivity contribution in [2.45, 2.75) is 96.5 Å². The number of rotatable bonds is 2. The van der Waals surface area contributed by atoms with Crippen molar-refractivity contribution in [3.05, 3.63) is 21.8 Å². The van der Waals surface area contributed by atoms with Gasteiger partial charge in [0.2, 0.25) is 0 Å². The summed E-state index contributed by atoms with van der Waals surface area (Å²) in [6.07, 6.45) is 4.80. The maximum Gasteiger partial charge on any atom is 0.192 e. The van der Waals surface area contributed by atoms with E-state index in [4.69, 9.17) is 11.6 Å². The number of fused-ring (bicyclic) bond motifs is 3. The van der Waals surface area contributed by atoms with Crippen LogP contribution in [0.25, 0.3) is 0 Å². The van der Waals surface area contributed by atoms with Crippen molar-refractivity contribution in [2.24, 2.45) is 22.2 Å². The van der Waals surface area contributed by atoms with Crippen LogP contribution in [-0.2, 0) is 4.74 Å². The standard InChI is InChI=1S/C24H36N2OS/c1-14-8-9-18-17-6-5-7-19(22(17)27-23(18)26-14)20-11-21-15(13-25-20)10-16(28-21)12-24(2,3)4/h16-18,20,23,25H,5-13H2,1-4H3/t16-,17+,18?,20-,23?/m1/s1/i1D3,12D2. The fourth-order valence-electron chi connectivity index (χ4n) is 5.64. The quantitative estimate of drug-likeness (QED) is 0.628. The summed E-state index contributed by atoms with van der Waals surface area (Å²) in [6.45, 7) is 4.69. The van der Waals surface area contributed by atoms with Gasteiger partial charge in [0, 0.05) is 42.2 Å². The van der Waals surface area contributed by atoms with Crippen LogP contribution < -0.4 is 5.32 Å². The Kier molecular flexibility index (Phi) is 3.67. The second-order valence-electron chi connectivity index (χ2n) is 10.0. The second-order valence-corrected chi connectivity index (χ2v) is 11.3. The van der Waals surface area contributed by atoms with Crippen molar-refractivity contribution in [1.29, 1.82) is 0 Å². The van der Waals surface area contributed by atoms with Crippen LogP contribution in [0, 0.1) is 17.3 Å². The summed E-state index contributed by atoms with van der Waals surface area (Å²) in [5, 5.41) is 3.71. The third kappa shape index (κ3) is 3.60. The molecule has 1 N–H and O–H groups in total. The van der Waals surface area contributed by atoms with E-state index in [-0.39, 0.29) is 17.5 Å². The lowest BCUT2D eigenvalue weighted by Crippen LogP contribution is -2.38. The average molecular weight is 406 g/mol. The van der Waals surface area contributed by atoms with Gasteiger partial charge >= 0.3 is 0 Å². The lowest BCUT2D eigenvalue weighted by Gasteiger charge is -2.32. The average Bonchev–Trinajstić information content (AvgIpc) is 3.32. The van der Waals surface area contributed by atoms with E-state index in [2.05, 4.69) is 10.3 Å². The summed E-state index contributed by atoms with van der Waals surface area (Å²) in [7, 11) is 0. The smallest absolute Gasteiger partial charge is 0.192 e. The third-order valence-corrected chi connectivity index (χ3v) is 8.13. The van der Waals surface area contributed by atoms with Gasteiger partial charge in [-0.2, -0.15) is 0 Å². The Bertz CT molecular complexity index is 917. The van der Waals surface area contributed by atoms with Crippen LogP contribution in [0.3, 0.4) is 0 Å². The Balaban J connectivity index is 1.35. The molecule has 5 aliphatic rings. The van der Waals surface area contributed by atoms with Gasteiger partial charge in [-0.25, -0.2) is 0 Å². The van der Waals surface area contributed by atoms with E-state index in [9.17, 15) is 0 Å². The SMILES string of the molecule is [2H]C([2H])([2H])C1=NC2OC3=C([C@H]4CC5=C(CN4)C[C@H](C([2H])([2H])C(C)(C)C)S5)CCC[C@H]3C2CC1. The molecule has 4 heterocycles. The van der Waals surface area contributed by atoms with E-state index < -0.39 is 18.6 Å². The second kappa shape index (κ2) is 7.19. The zero-order valence-electron chi connectivity index (χ0n) is 22.3. The van der Waals surface area contributed by atoms with Gasteiger partial charge in [0.05, 0.1) is 0 Å². The normalized spacial score (nSPS) is 41.6. The molecule has 0 aromatic carbocycles. The van der Waals surface area contributed by atoms with Gasteiger partial charge in [0.1, 0.15) is 5.76 Å². The summed E-state index contributed by atoms with van der Waals surface area (Å²) in [5.41, 5.74) is 2.65. The molecule has 154 valence electrons. The van der Waals surface area contributed by atoms with E-state index in [1.54, 1.807) is 11.8 Å². The minimum atomic E-state index is -2.12. The molecule has 1 aliphatic carbocycles. The lowest BCUT2D eigenvalue weighted by molar-refractivity contribution is 0.128. The van der Waals surface area contributed by atoms with E-state index in [0.29, 0.717) is 24.0 Å². The van der Waals surface area contributed by atoms with Gasteiger partial charge in [0.15, 0.2) is 6.23 Å². The largest absolute Gasteiger partial charge is 0.472 e. The number of aliphatic imine (C=N–C) groups is 1. The number of hydrogen-bond donors (Lipinski definition) is 1. The molecule has 5 atom stereocenters. The van der Waals surface area contributed by atoms with Crippen LogP contribution in [0.1, 0.15) is 85.8 Å². The zero-order valence-corrected chi connectivity index (χ0v) is 18.1. The van der Waals surface area contributed by atoms with Gasteiger partial charge in [-0.3, -0.25) is 4.99 Å². The first-order valence-electron chi connectivity index (χ1n) is 13.4. The highest BCUT2D eigenvalue weighted by Crippen LogP contribution is 2.51. The molecule has 0 bridgehead atoms. The summed E-state index contributed by atoms with van der Waals surface area (Å²) >= 11 is 1.76. The predicted molar refractivity (Wildman–Crippen MR) is 119 cm³/mol. The fourth-order valence-corrected chi connectivity index (χ4v) is 7.26. The first-order chi connectivity index (χ1) is 15.4. The van der Waals surface area contributed by atoms with Gasteiger partial charge < -0.3 is 10.1 Å². The van der Waals surface area contributed by atoms with Gasteiger partial charge in [-0.1, -0.05) is 20.8 Å². The molecule has 2 unspecified atom stereocenters. The summed E-state index contributed by atoms with van der Waals surface area (Å²) in [5.74, 6) is 1.73. The highest BCUT2D eigenvalue weighted by molar-refractivity contribution is 8.03. The molecule has 0 saturated carbocycles. The topological polar surface area (TPSA) is 33.6 Å². The van der Waals surface area contributed by atoms with Crippen molar-refractivity contribution in [3.63, 3.8) is 0 Å². The van der Waals surface area contributed by atoms with Crippen LogP contribution in [-0.4, -0.2) is 29.8 Å². The Labute approximate surface area is 181 Å². The summed E-state index contributed by atoms with van der Waals surface area (Å²) < 4.78 is 47.1. The lowest BCUT2D eigenvalue weighted by atomic mass is 9.76. The molecule has 5 rings (SSSR count). The van der Waals surface area contributed by atoms with Crippen molar-refractivity contribution in [2.75, 3.05) is 6.54 Å². The molecule has 0 aromatic rings. The minimum absolute atomic E-state index is 0.0296. The fraction of sp³-hybridized carbons (Fsp3) is 0.792. The molecule has 1 fully saturated rings. The van der Waals surface area contributed by atoms with Crippen LogP contribution in [0.15, 0.2) is 26.8 Å². The van der Waals surface area contributed by atoms with Crippen molar-refractivity contribution >= 4 is 17.5 Å². The van der Waals surface area contributed by atoms with E-state index in [1.165, 1.54) is 16.1 Å². The minimum Gasteiger partial charge on any atom is -0.472 e. The molecule has 28 heavy (non-hydrogen) atoms. The van der Waals surface area contributed by atoms with Crippen molar-refractivity contribution in [1.82, 2.24) is 5.32 Å². The van der Waals surface area contributed by atoms with Crippen molar-refractivity contribution in [3.8, 4) is 0 Å². The molecular weight excluding hydrogens is 364 g/mol. The number of hydrogen-bond acceptors (Lipinski definition) is 4. The van der Waals surface area contributed by atoms with Gasteiger partial charge in [-0.15, -0.1) is 11.8 Å². The number of nitrogens with one attached hydrogen (secondary N) is 1. The highest BCUT2D eigenvalue weighted by Gasteiger charge is 2.46. The van der Waals surface area contributed by atoms with Crippen LogP contribution in [0.4, 0.5) is 0 Å². The van der Waals surface area contributed by atoms with E-state index >= 15 is 0 Å². The molecule has 0 amide bonds. The molecule has 0 spiro atoms. The zero-order chi connectivity index (χ0) is 23.8. The maximum atomic E-state index is 8.74. The van der Waals surface area contributed by atoms with Crippen LogP contribution >= 0.6 is 11.8 Å². The van der Waals surface area contributed by atoms with Crippen LogP contribution in [0.2, 0.25) is 0 Å². The monoisotopic (exact) mass is 405 g/mol. The van der Waals surface area contributed by atoms with E-state index in [1.807, 2.05) is 20.8 Å².